The summed E-state index contributed by atoms with van der Waals surface area (Å²) in [5.74, 6) is 7.18. The summed E-state index contributed by atoms with van der Waals surface area (Å²) in [6, 6.07) is 0. The highest BCUT2D eigenvalue weighted by Gasteiger charge is 2.19. The Hall–Kier alpha value is -1.07. The van der Waals surface area contributed by atoms with Crippen LogP contribution in [0.3, 0.4) is 0 Å². The molecule has 0 aromatic carbocycles. The number of nitrogen functional groups attached to an aromatic ring is 1. The number of aromatic nitrogens is 2. The zero-order valence-electron chi connectivity index (χ0n) is 9.99. The molecule has 0 radical (unpaired) electrons. The summed E-state index contributed by atoms with van der Waals surface area (Å²) in [5.41, 5.74) is 2.44. The molecule has 0 bridgehead atoms. The summed E-state index contributed by atoms with van der Waals surface area (Å²) in [6.45, 7) is 0.987. The predicted molar refractivity (Wildman–Crippen MR) is 70.1 cm³/mol. The molecule has 94 valence electrons. The lowest BCUT2D eigenvalue weighted by molar-refractivity contribution is 0.545. The third-order valence-corrected chi connectivity index (χ3v) is 3.49. The average Bonchev–Trinajstić information content (AvgIpc) is 2.82. The second-order valence-corrected chi connectivity index (χ2v) is 4.95. The van der Waals surface area contributed by atoms with E-state index in [1.807, 2.05) is 7.05 Å². The van der Waals surface area contributed by atoms with E-state index in [4.69, 9.17) is 17.4 Å². The third kappa shape index (κ3) is 2.98. The monoisotopic (exact) mass is 255 g/mol. The summed E-state index contributed by atoms with van der Waals surface area (Å²) in [6.07, 6.45) is 6.85. The molecule has 1 saturated carbocycles. The molecule has 17 heavy (non-hydrogen) atoms. The number of anilines is 2. The van der Waals surface area contributed by atoms with Crippen molar-refractivity contribution in [2.24, 2.45) is 11.8 Å². The van der Waals surface area contributed by atoms with E-state index < -0.39 is 0 Å². The molecule has 6 heteroatoms. The summed E-state index contributed by atoms with van der Waals surface area (Å²) in [7, 11) is 2.01. The molecule has 1 aromatic heterocycles. The number of hydrogen-bond acceptors (Lipinski definition) is 5. The van der Waals surface area contributed by atoms with Crippen LogP contribution in [0, 0.1) is 5.92 Å². The Bertz CT molecular complexity index is 378. The van der Waals surface area contributed by atoms with Gasteiger partial charge in [-0.1, -0.05) is 24.4 Å². The van der Waals surface area contributed by atoms with Gasteiger partial charge in [0, 0.05) is 13.6 Å². The topological polar surface area (TPSA) is 67.1 Å². The molecule has 0 atom stereocenters. The van der Waals surface area contributed by atoms with Gasteiger partial charge in [-0.15, -0.1) is 0 Å². The molecule has 0 unspecified atom stereocenters. The zero-order valence-corrected chi connectivity index (χ0v) is 10.7. The molecule has 1 aliphatic rings. The quantitative estimate of drug-likeness (QED) is 0.637. The van der Waals surface area contributed by atoms with Crippen LogP contribution in [0.15, 0.2) is 6.20 Å². The van der Waals surface area contributed by atoms with Gasteiger partial charge < -0.3 is 4.90 Å². The minimum atomic E-state index is 0.391. The zero-order chi connectivity index (χ0) is 12.3. The highest BCUT2D eigenvalue weighted by Crippen LogP contribution is 2.28. The molecule has 0 saturated heterocycles. The van der Waals surface area contributed by atoms with Gasteiger partial charge in [0.1, 0.15) is 5.02 Å². The van der Waals surface area contributed by atoms with Crippen LogP contribution in [-0.4, -0.2) is 23.6 Å². The second kappa shape index (κ2) is 5.51. The molecule has 0 aliphatic heterocycles. The minimum Gasteiger partial charge on any atom is -0.358 e. The fourth-order valence-electron chi connectivity index (χ4n) is 2.36. The molecule has 1 heterocycles. The summed E-state index contributed by atoms with van der Waals surface area (Å²) < 4.78 is 0. The van der Waals surface area contributed by atoms with Crippen molar-refractivity contribution in [2.75, 3.05) is 23.9 Å². The molecule has 1 fully saturated rings. The van der Waals surface area contributed by atoms with Crippen molar-refractivity contribution in [1.29, 1.82) is 0 Å². The molecule has 5 nitrogen and oxygen atoms in total. The van der Waals surface area contributed by atoms with Crippen LogP contribution in [0.5, 0.6) is 0 Å². The lowest BCUT2D eigenvalue weighted by Gasteiger charge is -2.23. The van der Waals surface area contributed by atoms with Crippen molar-refractivity contribution in [3.63, 3.8) is 0 Å². The van der Waals surface area contributed by atoms with Crippen LogP contribution in [-0.2, 0) is 0 Å². The summed E-state index contributed by atoms with van der Waals surface area (Å²) in [4.78, 5) is 10.3. The van der Waals surface area contributed by atoms with Crippen LogP contribution >= 0.6 is 11.6 Å². The first-order valence-electron chi connectivity index (χ1n) is 5.91. The first-order chi connectivity index (χ1) is 8.20. The molecule has 0 spiro atoms. The highest BCUT2D eigenvalue weighted by molar-refractivity contribution is 6.32. The van der Waals surface area contributed by atoms with Crippen LogP contribution in [0.2, 0.25) is 5.02 Å². The molecule has 2 rings (SSSR count). The van der Waals surface area contributed by atoms with E-state index >= 15 is 0 Å². The fraction of sp³-hybridized carbons (Fsp3) is 0.636. The Morgan fingerprint density at radius 1 is 1.53 bits per heavy atom. The van der Waals surface area contributed by atoms with Gasteiger partial charge >= 0.3 is 0 Å². The minimum absolute atomic E-state index is 0.391. The lowest BCUT2D eigenvalue weighted by atomic mass is 10.1. The fourth-order valence-corrected chi connectivity index (χ4v) is 2.60. The van der Waals surface area contributed by atoms with Gasteiger partial charge in [-0.05, 0) is 18.8 Å². The Kier molecular flexibility index (Phi) is 4.02. The van der Waals surface area contributed by atoms with E-state index in [-0.39, 0.29) is 0 Å². The first-order valence-corrected chi connectivity index (χ1v) is 6.29. The molecular weight excluding hydrogens is 238 g/mol. The van der Waals surface area contributed by atoms with Gasteiger partial charge in [-0.3, -0.25) is 5.43 Å². The van der Waals surface area contributed by atoms with E-state index in [9.17, 15) is 0 Å². The number of nitrogens with two attached hydrogens (primary N) is 1. The van der Waals surface area contributed by atoms with Gasteiger partial charge in [-0.25, -0.2) is 10.8 Å². The Morgan fingerprint density at radius 3 is 2.88 bits per heavy atom. The van der Waals surface area contributed by atoms with E-state index in [1.165, 1.54) is 25.7 Å². The highest BCUT2D eigenvalue weighted by atomic mass is 35.5. The number of rotatable bonds is 4. The molecular formula is C11H18ClN5. The van der Waals surface area contributed by atoms with Crippen molar-refractivity contribution in [3.8, 4) is 0 Å². The normalized spacial score (nSPS) is 16.2. The molecule has 0 amide bonds. The van der Waals surface area contributed by atoms with Crippen LogP contribution in [0.25, 0.3) is 0 Å². The van der Waals surface area contributed by atoms with Crippen molar-refractivity contribution >= 4 is 23.4 Å². The van der Waals surface area contributed by atoms with Gasteiger partial charge in [0.25, 0.3) is 0 Å². The summed E-state index contributed by atoms with van der Waals surface area (Å²) in [5, 5.41) is 0.560. The van der Waals surface area contributed by atoms with E-state index in [0.29, 0.717) is 11.0 Å². The van der Waals surface area contributed by atoms with Crippen LogP contribution in [0.4, 0.5) is 11.8 Å². The van der Waals surface area contributed by atoms with Gasteiger partial charge in [0.15, 0.2) is 5.82 Å². The second-order valence-electron chi connectivity index (χ2n) is 4.54. The smallest absolute Gasteiger partial charge is 0.239 e. The van der Waals surface area contributed by atoms with E-state index in [2.05, 4.69) is 20.3 Å². The van der Waals surface area contributed by atoms with Crippen molar-refractivity contribution in [3.05, 3.63) is 11.2 Å². The predicted octanol–water partition coefficient (Wildman–Crippen LogP) is 2.04. The van der Waals surface area contributed by atoms with Gasteiger partial charge in [0.05, 0.1) is 6.20 Å². The lowest BCUT2D eigenvalue weighted by Crippen LogP contribution is -2.26. The average molecular weight is 256 g/mol. The molecule has 1 aromatic rings. The molecule has 3 N–H and O–H groups in total. The SMILES string of the molecule is CN(CC1CCCC1)c1nc(NN)ncc1Cl. The van der Waals surface area contributed by atoms with E-state index in [1.54, 1.807) is 6.20 Å². The number of hydrogen-bond donors (Lipinski definition) is 2. The Labute approximate surface area is 106 Å². The first kappa shape index (κ1) is 12.4. The van der Waals surface area contributed by atoms with Crippen molar-refractivity contribution in [1.82, 2.24) is 9.97 Å². The van der Waals surface area contributed by atoms with E-state index in [0.717, 1.165) is 18.3 Å². The number of nitrogens with one attached hydrogen (secondary N) is 1. The molecule has 1 aliphatic carbocycles. The van der Waals surface area contributed by atoms with Crippen molar-refractivity contribution < 1.29 is 0 Å². The maximum atomic E-state index is 6.10. The standard InChI is InChI=1S/C11H18ClN5/c1-17(7-8-4-2-3-5-8)10-9(12)6-14-11(15-10)16-13/h6,8H,2-5,7,13H2,1H3,(H,14,15,16). The van der Waals surface area contributed by atoms with Gasteiger partial charge in [-0.2, -0.15) is 4.98 Å². The van der Waals surface area contributed by atoms with Crippen molar-refractivity contribution in [2.45, 2.75) is 25.7 Å². The largest absolute Gasteiger partial charge is 0.358 e. The maximum Gasteiger partial charge on any atom is 0.239 e. The Morgan fingerprint density at radius 2 is 2.24 bits per heavy atom. The summed E-state index contributed by atoms with van der Waals surface area (Å²) >= 11 is 6.10. The van der Waals surface area contributed by atoms with Crippen LogP contribution < -0.4 is 16.2 Å². The van der Waals surface area contributed by atoms with Crippen LogP contribution in [0.1, 0.15) is 25.7 Å². The number of halogens is 1. The third-order valence-electron chi connectivity index (χ3n) is 3.22. The number of nitrogens with zero attached hydrogens (tertiary/aromatic N) is 3. The Balaban J connectivity index is 2.08. The number of hydrazine groups is 1. The van der Waals surface area contributed by atoms with Gasteiger partial charge in [0.2, 0.25) is 5.95 Å². The maximum absolute atomic E-state index is 6.10.